The summed E-state index contributed by atoms with van der Waals surface area (Å²) in [4.78, 5) is 4.62. The van der Waals surface area contributed by atoms with Gasteiger partial charge >= 0.3 is 18.9 Å². The molecule has 3 aromatic rings. The number of phenols is 1. The fraction of sp³-hybridized carbons (Fsp3) is 0.118. The van der Waals surface area contributed by atoms with Crippen molar-refractivity contribution in [1.82, 2.24) is 4.98 Å². The van der Waals surface area contributed by atoms with Crippen LogP contribution in [0.3, 0.4) is 0 Å². The van der Waals surface area contributed by atoms with E-state index in [9.17, 15) is 5.11 Å². The number of nitrogens with zero attached hydrogens (tertiary/aromatic N) is 1. The van der Waals surface area contributed by atoms with E-state index >= 15 is 0 Å². The smallest absolute Gasteiger partial charge is 1.00 e. The van der Waals surface area contributed by atoms with Gasteiger partial charge < -0.3 is 6.53 Å². The van der Waals surface area contributed by atoms with E-state index in [1.807, 2.05) is 30.3 Å². The van der Waals surface area contributed by atoms with Gasteiger partial charge in [0.05, 0.1) is 5.69 Å². The molecule has 0 saturated heterocycles. The van der Waals surface area contributed by atoms with Crippen molar-refractivity contribution in [2.45, 2.75) is 13.8 Å². The molecule has 3 rings (SSSR count). The minimum atomic E-state index is 0. The van der Waals surface area contributed by atoms with Crippen molar-refractivity contribution in [3.63, 3.8) is 0 Å². The Morgan fingerprint density at radius 3 is 2.25 bits per heavy atom. The van der Waals surface area contributed by atoms with Gasteiger partial charge in [0.15, 0.2) is 0 Å². The number of para-hydroxylation sites is 1. The standard InChI is InChI=1S/C17H15NO.Li.H/c1-11-5-3-6-12(2)16(11)14-10-9-13-7-4-8-15(19)17(13)18-14;;/h3-10,19H,1-2H3;;/q;+1;-1. The predicted molar refractivity (Wildman–Crippen MR) is 79.4 cm³/mol. The summed E-state index contributed by atoms with van der Waals surface area (Å²) in [5.41, 5.74) is 5.10. The van der Waals surface area contributed by atoms with Crippen molar-refractivity contribution >= 4 is 10.9 Å². The summed E-state index contributed by atoms with van der Waals surface area (Å²) >= 11 is 0. The molecule has 0 unspecified atom stereocenters. The number of hydrogen-bond donors (Lipinski definition) is 1. The first kappa shape index (κ1) is 14.7. The Bertz CT molecular complexity index is 754. The molecule has 0 spiro atoms. The van der Waals surface area contributed by atoms with Gasteiger partial charge in [-0.2, -0.15) is 0 Å². The maximum absolute atomic E-state index is 9.92. The third-order valence-corrected chi connectivity index (χ3v) is 3.44. The zero-order valence-electron chi connectivity index (χ0n) is 13.0. The van der Waals surface area contributed by atoms with Gasteiger partial charge in [-0.15, -0.1) is 0 Å². The van der Waals surface area contributed by atoms with Crippen LogP contribution in [0.25, 0.3) is 22.2 Å². The second kappa shape index (κ2) is 5.71. The Labute approximate surface area is 132 Å². The molecule has 0 amide bonds. The molecule has 0 radical (unpaired) electrons. The SMILES string of the molecule is Cc1cccc(C)c1-c1ccc2cccc(O)c2n1.[H-].[Li+]. The molecule has 0 aliphatic carbocycles. The van der Waals surface area contributed by atoms with Gasteiger partial charge in [-0.25, -0.2) is 4.98 Å². The van der Waals surface area contributed by atoms with Crippen LogP contribution >= 0.6 is 0 Å². The number of aromatic nitrogens is 1. The number of pyridine rings is 1. The van der Waals surface area contributed by atoms with E-state index in [-0.39, 0.29) is 26.0 Å². The molecule has 1 heterocycles. The number of fused-ring (bicyclic) bond motifs is 1. The van der Waals surface area contributed by atoms with E-state index in [2.05, 4.69) is 31.0 Å². The van der Waals surface area contributed by atoms with E-state index in [0.29, 0.717) is 5.52 Å². The molecular formula is C17H16LiNO. The zero-order chi connectivity index (χ0) is 13.4. The molecule has 0 bridgehead atoms. The number of aromatic hydroxyl groups is 1. The Hall–Kier alpha value is -1.75. The first-order valence-corrected chi connectivity index (χ1v) is 6.32. The molecular weight excluding hydrogens is 241 g/mol. The van der Waals surface area contributed by atoms with Crippen LogP contribution in [0.15, 0.2) is 48.5 Å². The van der Waals surface area contributed by atoms with Crippen molar-refractivity contribution in [3.05, 3.63) is 59.7 Å². The number of phenolic OH excluding ortho intramolecular Hbond substituents is 1. The topological polar surface area (TPSA) is 33.1 Å². The van der Waals surface area contributed by atoms with E-state index in [1.165, 1.54) is 11.1 Å². The van der Waals surface area contributed by atoms with Gasteiger partial charge in [0, 0.05) is 10.9 Å². The molecule has 2 nitrogen and oxygen atoms in total. The molecule has 96 valence electrons. The van der Waals surface area contributed by atoms with Crippen molar-refractivity contribution in [2.24, 2.45) is 0 Å². The molecule has 20 heavy (non-hydrogen) atoms. The molecule has 0 fully saturated rings. The average molecular weight is 257 g/mol. The van der Waals surface area contributed by atoms with Crippen molar-refractivity contribution < 1.29 is 25.4 Å². The molecule has 0 aliphatic rings. The van der Waals surface area contributed by atoms with Crippen LogP contribution < -0.4 is 18.9 Å². The number of benzene rings is 2. The maximum Gasteiger partial charge on any atom is 1.00 e. The van der Waals surface area contributed by atoms with E-state index < -0.39 is 0 Å². The Kier molecular flexibility index (Phi) is 4.18. The first-order valence-electron chi connectivity index (χ1n) is 6.32. The van der Waals surface area contributed by atoms with Gasteiger partial charge in [0.2, 0.25) is 0 Å². The third kappa shape index (κ3) is 2.45. The van der Waals surface area contributed by atoms with Crippen LogP contribution in [-0.4, -0.2) is 10.1 Å². The summed E-state index contributed by atoms with van der Waals surface area (Å²) in [5, 5.41) is 10.9. The zero-order valence-corrected chi connectivity index (χ0v) is 12.0. The fourth-order valence-corrected chi connectivity index (χ4v) is 2.49. The van der Waals surface area contributed by atoms with E-state index in [0.717, 1.165) is 16.6 Å². The fourth-order valence-electron chi connectivity index (χ4n) is 2.49. The van der Waals surface area contributed by atoms with Crippen molar-refractivity contribution in [1.29, 1.82) is 0 Å². The minimum Gasteiger partial charge on any atom is -1.00 e. The molecule has 1 N–H and O–H groups in total. The van der Waals surface area contributed by atoms with Crippen molar-refractivity contribution in [2.75, 3.05) is 0 Å². The molecule has 3 heteroatoms. The Balaban J connectivity index is 0.00000110. The van der Waals surface area contributed by atoms with Crippen LogP contribution in [-0.2, 0) is 0 Å². The van der Waals surface area contributed by atoms with Crippen LogP contribution in [0.4, 0.5) is 0 Å². The van der Waals surface area contributed by atoms with Gasteiger partial charge in [-0.3, -0.25) is 0 Å². The number of rotatable bonds is 1. The normalized spacial score (nSPS) is 10.3. The van der Waals surface area contributed by atoms with Crippen LogP contribution in [0, 0.1) is 13.8 Å². The predicted octanol–water partition coefficient (Wildman–Crippen LogP) is 1.34. The molecule has 2 aromatic carbocycles. The summed E-state index contributed by atoms with van der Waals surface area (Å²) in [6.45, 7) is 4.16. The van der Waals surface area contributed by atoms with Crippen LogP contribution in [0.1, 0.15) is 12.6 Å². The second-order valence-electron chi connectivity index (χ2n) is 4.81. The van der Waals surface area contributed by atoms with Gasteiger partial charge in [0.25, 0.3) is 0 Å². The van der Waals surface area contributed by atoms with Gasteiger partial charge in [-0.05, 0) is 37.1 Å². The Morgan fingerprint density at radius 2 is 1.55 bits per heavy atom. The monoisotopic (exact) mass is 257 g/mol. The van der Waals surface area contributed by atoms with Crippen LogP contribution in [0.5, 0.6) is 5.75 Å². The molecule has 1 aromatic heterocycles. The third-order valence-electron chi connectivity index (χ3n) is 3.44. The van der Waals surface area contributed by atoms with Crippen LogP contribution in [0.2, 0.25) is 0 Å². The number of aryl methyl sites for hydroxylation is 2. The Morgan fingerprint density at radius 1 is 0.900 bits per heavy atom. The summed E-state index contributed by atoms with van der Waals surface area (Å²) in [7, 11) is 0. The quantitative estimate of drug-likeness (QED) is 0.667. The largest absolute Gasteiger partial charge is 1.00 e. The minimum absolute atomic E-state index is 0. The second-order valence-corrected chi connectivity index (χ2v) is 4.81. The maximum atomic E-state index is 9.92. The van der Waals surface area contributed by atoms with E-state index in [4.69, 9.17) is 0 Å². The first-order chi connectivity index (χ1) is 9.16. The molecule has 0 atom stereocenters. The van der Waals surface area contributed by atoms with Crippen molar-refractivity contribution in [3.8, 4) is 17.0 Å². The summed E-state index contributed by atoms with van der Waals surface area (Å²) in [6.07, 6.45) is 0. The number of hydrogen-bond acceptors (Lipinski definition) is 2. The van der Waals surface area contributed by atoms with E-state index in [1.54, 1.807) is 6.07 Å². The van der Waals surface area contributed by atoms with Gasteiger partial charge in [-0.1, -0.05) is 36.4 Å². The summed E-state index contributed by atoms with van der Waals surface area (Å²) in [5.74, 6) is 0.227. The summed E-state index contributed by atoms with van der Waals surface area (Å²) in [6, 6.07) is 15.7. The summed E-state index contributed by atoms with van der Waals surface area (Å²) < 4.78 is 0. The molecule has 0 saturated carbocycles. The van der Waals surface area contributed by atoms with Gasteiger partial charge in [0.1, 0.15) is 11.3 Å². The molecule has 0 aliphatic heterocycles. The average Bonchev–Trinajstić information content (AvgIpc) is 2.39.